The molecule has 2 bridgehead atoms. The lowest BCUT2D eigenvalue weighted by molar-refractivity contribution is -0.173. The summed E-state index contributed by atoms with van der Waals surface area (Å²) in [6, 6.07) is 0. The topological polar surface area (TPSA) is 87.0 Å². The lowest BCUT2D eigenvalue weighted by Crippen LogP contribution is -2.61. The number of aliphatic hydroxyl groups excluding tert-OH is 2. The summed E-state index contributed by atoms with van der Waals surface area (Å²) in [7, 11) is 0. The van der Waals surface area contributed by atoms with Gasteiger partial charge in [-0.05, 0) is 94.8 Å². The molecule has 0 amide bonds. The predicted octanol–water partition coefficient (Wildman–Crippen LogP) is 5.69. The molecular weight excluding hydrogens is 500 g/mol. The standard InChI is InChI=1S/C35H46O5/c1-25-9-5-6-20-40-24-29-22-28(21-26(2)11-7-10-25)13-16-34(29)17-18-35(32(34)38)31(12-8-19-36)30(27(3)23-37)14-15-33(35,4)39/h10,13,16,21-23,31-32,36,38-39H,2,7-9,11-12,14-15,17-20,24H2,1,3-4H3. The monoisotopic (exact) mass is 546 g/mol. The van der Waals surface area contributed by atoms with E-state index in [0.717, 1.165) is 41.4 Å². The molecule has 216 valence electrons. The molecule has 40 heavy (non-hydrogen) atoms. The molecule has 0 aromatic heterocycles. The number of rotatable bonds is 4. The molecule has 5 heteroatoms. The third kappa shape index (κ3) is 5.65. The van der Waals surface area contributed by atoms with Crippen molar-refractivity contribution in [3.05, 3.63) is 70.4 Å². The summed E-state index contributed by atoms with van der Waals surface area (Å²) in [6.45, 7) is 10.7. The van der Waals surface area contributed by atoms with Crippen molar-refractivity contribution < 1.29 is 24.9 Å². The molecule has 1 aliphatic heterocycles. The number of fused-ring (bicyclic) bond motifs is 2. The first-order chi connectivity index (χ1) is 19.1. The SMILES string of the molecule is C=C1C=C2C=CC3(CCC4(C(CCCO)C(=C(C)C=O)CCC4(C)O)C3O)C(=C2)COCC#CCC(C)=CCC1. The summed E-state index contributed by atoms with van der Waals surface area (Å²) in [4.78, 5) is 11.9. The van der Waals surface area contributed by atoms with Crippen LogP contribution < -0.4 is 0 Å². The van der Waals surface area contributed by atoms with E-state index < -0.39 is 22.5 Å². The van der Waals surface area contributed by atoms with Gasteiger partial charge in [0.1, 0.15) is 12.9 Å². The molecule has 4 rings (SSSR count). The van der Waals surface area contributed by atoms with E-state index >= 15 is 0 Å². The number of allylic oxidation sites excluding steroid dienone is 9. The van der Waals surface area contributed by atoms with Gasteiger partial charge in [0, 0.05) is 23.9 Å². The Morgan fingerprint density at radius 2 is 2.02 bits per heavy atom. The Balaban J connectivity index is 1.77. The van der Waals surface area contributed by atoms with E-state index in [-0.39, 0.29) is 12.5 Å². The zero-order valence-electron chi connectivity index (χ0n) is 24.5. The van der Waals surface area contributed by atoms with E-state index in [9.17, 15) is 20.1 Å². The number of ether oxygens (including phenoxy) is 1. The van der Waals surface area contributed by atoms with Crippen LogP contribution in [0.4, 0.5) is 0 Å². The Morgan fingerprint density at radius 1 is 1.23 bits per heavy atom. The largest absolute Gasteiger partial charge is 0.396 e. The van der Waals surface area contributed by atoms with E-state index in [4.69, 9.17) is 4.74 Å². The van der Waals surface area contributed by atoms with Crippen LogP contribution in [0.25, 0.3) is 0 Å². The number of aliphatic hydroxyl groups is 3. The number of carbonyl (C=O) groups excluding carboxylic acids is 1. The number of carbonyl (C=O) groups is 1. The van der Waals surface area contributed by atoms with Gasteiger partial charge < -0.3 is 20.1 Å². The second kappa shape index (κ2) is 12.6. The third-order valence-corrected chi connectivity index (χ3v) is 9.95. The fourth-order valence-corrected chi connectivity index (χ4v) is 7.68. The van der Waals surface area contributed by atoms with Crippen molar-refractivity contribution in [3.63, 3.8) is 0 Å². The lowest BCUT2D eigenvalue weighted by atomic mass is 9.51. The van der Waals surface area contributed by atoms with Crippen molar-refractivity contribution in [1.82, 2.24) is 0 Å². The molecule has 2 saturated carbocycles. The minimum Gasteiger partial charge on any atom is -0.396 e. The average Bonchev–Trinajstić information content (AvgIpc) is 3.21. The molecule has 2 fully saturated rings. The van der Waals surface area contributed by atoms with Crippen LogP contribution in [0.3, 0.4) is 0 Å². The van der Waals surface area contributed by atoms with E-state index in [1.165, 1.54) is 5.57 Å². The van der Waals surface area contributed by atoms with Crippen molar-refractivity contribution in [3.8, 4) is 11.8 Å². The molecule has 0 aromatic rings. The van der Waals surface area contributed by atoms with Gasteiger partial charge in [0.2, 0.25) is 0 Å². The zero-order valence-corrected chi connectivity index (χ0v) is 24.5. The molecular formula is C35H46O5. The molecule has 5 nitrogen and oxygen atoms in total. The van der Waals surface area contributed by atoms with E-state index in [0.29, 0.717) is 63.7 Å². The fourth-order valence-electron chi connectivity index (χ4n) is 7.68. The third-order valence-electron chi connectivity index (χ3n) is 9.95. The smallest absolute Gasteiger partial charge is 0.145 e. The van der Waals surface area contributed by atoms with Crippen LogP contribution in [-0.2, 0) is 9.53 Å². The maximum atomic E-state index is 12.5. The molecule has 3 aliphatic carbocycles. The van der Waals surface area contributed by atoms with Crippen LogP contribution in [-0.4, -0.2) is 53.1 Å². The highest BCUT2D eigenvalue weighted by atomic mass is 16.5. The van der Waals surface area contributed by atoms with Crippen LogP contribution in [0.1, 0.15) is 78.6 Å². The second-order valence-corrected chi connectivity index (χ2v) is 12.4. The number of aldehydes is 1. The van der Waals surface area contributed by atoms with E-state index in [1.54, 1.807) is 0 Å². The average molecular weight is 547 g/mol. The second-order valence-electron chi connectivity index (χ2n) is 12.4. The van der Waals surface area contributed by atoms with Crippen LogP contribution in [0.5, 0.6) is 0 Å². The minimum atomic E-state index is -1.14. The van der Waals surface area contributed by atoms with Crippen LogP contribution in [0.2, 0.25) is 0 Å². The van der Waals surface area contributed by atoms with E-state index in [1.807, 2.05) is 13.8 Å². The van der Waals surface area contributed by atoms with Crippen molar-refractivity contribution in [1.29, 1.82) is 0 Å². The molecule has 3 N–H and O–H groups in total. The molecule has 4 aliphatic rings. The van der Waals surface area contributed by atoms with Gasteiger partial charge in [0.15, 0.2) is 0 Å². The summed E-state index contributed by atoms with van der Waals surface area (Å²) in [5, 5.41) is 34.3. The Bertz CT molecular complexity index is 1220. The predicted molar refractivity (Wildman–Crippen MR) is 159 cm³/mol. The van der Waals surface area contributed by atoms with Gasteiger partial charge in [0.25, 0.3) is 0 Å². The van der Waals surface area contributed by atoms with Gasteiger partial charge >= 0.3 is 0 Å². The van der Waals surface area contributed by atoms with Crippen molar-refractivity contribution in [2.45, 2.75) is 90.3 Å². The molecule has 1 heterocycles. The van der Waals surface area contributed by atoms with Gasteiger partial charge in [-0.3, -0.25) is 4.79 Å². The Morgan fingerprint density at radius 3 is 2.77 bits per heavy atom. The fraction of sp³-hybridized carbons (Fsp3) is 0.571. The highest BCUT2D eigenvalue weighted by molar-refractivity contribution is 5.74. The lowest BCUT2D eigenvalue weighted by Gasteiger charge is -2.56. The summed E-state index contributed by atoms with van der Waals surface area (Å²) in [5.41, 5.74) is 3.25. The van der Waals surface area contributed by atoms with Crippen LogP contribution in [0.15, 0.2) is 70.4 Å². The highest BCUT2D eigenvalue weighted by Crippen LogP contribution is 2.67. The number of hydrogen-bond donors (Lipinski definition) is 3. The maximum Gasteiger partial charge on any atom is 0.145 e. The minimum absolute atomic E-state index is 0.0242. The molecule has 0 saturated heterocycles. The van der Waals surface area contributed by atoms with Gasteiger partial charge in [-0.1, -0.05) is 65.5 Å². The van der Waals surface area contributed by atoms with Gasteiger partial charge in [-0.25, -0.2) is 0 Å². The highest BCUT2D eigenvalue weighted by Gasteiger charge is 2.68. The summed E-state index contributed by atoms with van der Waals surface area (Å²) < 4.78 is 6.08. The van der Waals surface area contributed by atoms with Gasteiger partial charge in [-0.2, -0.15) is 0 Å². The van der Waals surface area contributed by atoms with E-state index in [2.05, 4.69) is 55.7 Å². The van der Waals surface area contributed by atoms with Crippen molar-refractivity contribution >= 4 is 6.29 Å². The molecule has 0 aromatic carbocycles. The molecule has 2 spiro atoms. The quantitative estimate of drug-likeness (QED) is 0.182. The molecule has 0 radical (unpaired) electrons. The number of hydrogen-bond acceptors (Lipinski definition) is 5. The van der Waals surface area contributed by atoms with Gasteiger partial charge in [-0.15, -0.1) is 0 Å². The zero-order chi connectivity index (χ0) is 29.0. The first kappa shape index (κ1) is 30.5. The summed E-state index contributed by atoms with van der Waals surface area (Å²) in [6.07, 6.45) is 16.6. The first-order valence-corrected chi connectivity index (χ1v) is 14.8. The van der Waals surface area contributed by atoms with Gasteiger partial charge in [0.05, 0.1) is 18.3 Å². The first-order valence-electron chi connectivity index (χ1n) is 14.8. The van der Waals surface area contributed by atoms with Crippen molar-refractivity contribution in [2.75, 3.05) is 19.8 Å². The van der Waals surface area contributed by atoms with Crippen molar-refractivity contribution in [2.24, 2.45) is 16.7 Å². The summed E-state index contributed by atoms with van der Waals surface area (Å²) in [5.74, 6) is 6.11. The van der Waals surface area contributed by atoms with Crippen LogP contribution >= 0.6 is 0 Å². The maximum absolute atomic E-state index is 12.5. The Labute approximate surface area is 240 Å². The Hall–Kier alpha value is -2.49. The normalized spacial score (nSPS) is 36.1. The summed E-state index contributed by atoms with van der Waals surface area (Å²) >= 11 is 0. The Kier molecular flexibility index (Phi) is 9.58. The molecule has 5 unspecified atom stereocenters. The molecule has 5 atom stereocenters. The van der Waals surface area contributed by atoms with Crippen LogP contribution in [0, 0.1) is 28.6 Å².